The first-order valence-electron chi connectivity index (χ1n) is 4.65. The topological polar surface area (TPSA) is 47.0 Å². The minimum atomic E-state index is 0.0933. The van der Waals surface area contributed by atoms with Gasteiger partial charge in [-0.15, -0.1) is 0 Å². The van der Waals surface area contributed by atoms with Gasteiger partial charge in [-0.2, -0.15) is 4.98 Å². The molecule has 0 amide bonds. The number of aromatic nitrogens is 2. The third kappa shape index (κ3) is 4.65. The van der Waals surface area contributed by atoms with Gasteiger partial charge >= 0.3 is 0 Å². The lowest BCUT2D eigenvalue weighted by atomic mass is 10.5. The number of rotatable bonds is 5. The van der Waals surface area contributed by atoms with Crippen molar-refractivity contribution < 1.29 is 4.74 Å². The van der Waals surface area contributed by atoms with Crippen LogP contribution in [-0.4, -0.2) is 22.6 Å². The van der Waals surface area contributed by atoms with Crippen LogP contribution in [0, 0.1) is 0 Å². The second kappa shape index (κ2) is 5.56. The molecule has 0 saturated heterocycles. The smallest absolute Gasteiger partial charge is 0.226 e. The summed E-state index contributed by atoms with van der Waals surface area (Å²) in [5.41, 5.74) is 0. The summed E-state index contributed by atoms with van der Waals surface area (Å²) >= 11 is 5.61. The lowest BCUT2D eigenvalue weighted by Gasteiger charge is -2.09. The van der Waals surface area contributed by atoms with E-state index in [9.17, 15) is 0 Å². The molecule has 1 N–H and O–H groups in total. The second-order valence-corrected chi connectivity index (χ2v) is 3.79. The fourth-order valence-electron chi connectivity index (χ4n) is 0.909. The van der Waals surface area contributed by atoms with Gasteiger partial charge in [-0.3, -0.25) is 0 Å². The molecule has 0 bridgehead atoms. The van der Waals surface area contributed by atoms with Crippen molar-refractivity contribution in [3.63, 3.8) is 0 Å². The maximum atomic E-state index is 5.61. The van der Waals surface area contributed by atoms with Crippen LogP contribution in [0.15, 0.2) is 23.9 Å². The van der Waals surface area contributed by atoms with E-state index >= 15 is 0 Å². The highest BCUT2D eigenvalue weighted by Crippen LogP contribution is 2.10. The quantitative estimate of drug-likeness (QED) is 0.839. The zero-order chi connectivity index (χ0) is 11.3. The van der Waals surface area contributed by atoms with E-state index in [-0.39, 0.29) is 6.10 Å². The van der Waals surface area contributed by atoms with Gasteiger partial charge in [0.15, 0.2) is 0 Å². The maximum absolute atomic E-state index is 5.61. The van der Waals surface area contributed by atoms with E-state index in [2.05, 4.69) is 21.9 Å². The van der Waals surface area contributed by atoms with Crippen LogP contribution in [0.1, 0.15) is 13.8 Å². The van der Waals surface area contributed by atoms with Gasteiger partial charge in [0, 0.05) is 17.3 Å². The lowest BCUT2D eigenvalue weighted by molar-refractivity contribution is 0.232. The van der Waals surface area contributed by atoms with E-state index in [0.29, 0.717) is 23.4 Å². The molecule has 1 heterocycles. The van der Waals surface area contributed by atoms with Crippen LogP contribution in [0.25, 0.3) is 0 Å². The Kier molecular flexibility index (Phi) is 4.37. The molecule has 0 aliphatic rings. The van der Waals surface area contributed by atoms with Crippen LogP contribution >= 0.6 is 11.6 Å². The first kappa shape index (κ1) is 11.8. The highest BCUT2D eigenvalue weighted by atomic mass is 35.5. The highest BCUT2D eigenvalue weighted by Gasteiger charge is 2.01. The van der Waals surface area contributed by atoms with Crippen LogP contribution in [0.2, 0.25) is 0 Å². The number of hydrogen-bond donors (Lipinski definition) is 1. The molecule has 0 atom stereocenters. The Balaban J connectivity index is 2.61. The summed E-state index contributed by atoms with van der Waals surface area (Å²) in [6.45, 7) is 7.87. The molecule has 1 aromatic rings. The van der Waals surface area contributed by atoms with Crippen molar-refractivity contribution >= 4 is 17.5 Å². The van der Waals surface area contributed by atoms with Gasteiger partial charge in [0.2, 0.25) is 11.8 Å². The van der Waals surface area contributed by atoms with E-state index < -0.39 is 0 Å². The summed E-state index contributed by atoms with van der Waals surface area (Å²) in [7, 11) is 0. The van der Waals surface area contributed by atoms with Gasteiger partial charge in [0.1, 0.15) is 0 Å². The molecule has 0 saturated carbocycles. The summed E-state index contributed by atoms with van der Waals surface area (Å²) in [4.78, 5) is 8.16. The van der Waals surface area contributed by atoms with Crippen molar-refractivity contribution in [1.29, 1.82) is 0 Å². The molecule has 0 aliphatic carbocycles. The molecular formula is C10H14ClN3O. The molecule has 0 unspecified atom stereocenters. The molecule has 15 heavy (non-hydrogen) atoms. The summed E-state index contributed by atoms with van der Waals surface area (Å²) in [5.74, 6) is 1.03. The average molecular weight is 228 g/mol. The Morgan fingerprint density at radius 3 is 3.00 bits per heavy atom. The predicted molar refractivity (Wildman–Crippen MR) is 61.3 cm³/mol. The zero-order valence-corrected chi connectivity index (χ0v) is 9.58. The van der Waals surface area contributed by atoms with Gasteiger partial charge in [-0.05, 0) is 13.8 Å². The van der Waals surface area contributed by atoms with E-state index in [0.717, 1.165) is 0 Å². The lowest BCUT2D eigenvalue weighted by Crippen LogP contribution is -2.09. The summed E-state index contributed by atoms with van der Waals surface area (Å²) in [5, 5.41) is 3.43. The second-order valence-electron chi connectivity index (χ2n) is 3.26. The van der Waals surface area contributed by atoms with Crippen LogP contribution in [0.3, 0.4) is 0 Å². The summed E-state index contributed by atoms with van der Waals surface area (Å²) < 4.78 is 5.42. The fraction of sp³-hybridized carbons (Fsp3) is 0.400. The minimum absolute atomic E-state index is 0.0933. The van der Waals surface area contributed by atoms with Crippen LogP contribution in [0.5, 0.6) is 5.88 Å². The Morgan fingerprint density at radius 1 is 1.67 bits per heavy atom. The first-order chi connectivity index (χ1) is 7.08. The van der Waals surface area contributed by atoms with Crippen LogP contribution < -0.4 is 10.1 Å². The van der Waals surface area contributed by atoms with Crippen molar-refractivity contribution in [2.24, 2.45) is 0 Å². The van der Waals surface area contributed by atoms with Gasteiger partial charge in [-0.25, -0.2) is 4.98 Å². The highest BCUT2D eigenvalue weighted by molar-refractivity contribution is 6.29. The van der Waals surface area contributed by atoms with E-state index in [4.69, 9.17) is 16.3 Å². The van der Waals surface area contributed by atoms with Crippen molar-refractivity contribution in [1.82, 2.24) is 9.97 Å². The van der Waals surface area contributed by atoms with Crippen molar-refractivity contribution in [2.75, 3.05) is 11.9 Å². The van der Waals surface area contributed by atoms with Gasteiger partial charge < -0.3 is 10.1 Å². The van der Waals surface area contributed by atoms with Crippen molar-refractivity contribution in [2.45, 2.75) is 20.0 Å². The van der Waals surface area contributed by atoms with E-state index in [1.807, 2.05) is 13.8 Å². The van der Waals surface area contributed by atoms with Gasteiger partial charge in [0.05, 0.1) is 12.6 Å². The standard InChI is InChI=1S/C10H14ClN3O/c1-7(2)15-9-4-5-12-10(14-9)13-6-8(3)11/h4-5,7H,3,6H2,1-2H3,(H,12,13,14). The Morgan fingerprint density at radius 2 is 2.40 bits per heavy atom. The van der Waals surface area contributed by atoms with Crippen LogP contribution in [0.4, 0.5) is 5.95 Å². The van der Waals surface area contributed by atoms with Gasteiger partial charge in [0.25, 0.3) is 0 Å². The third-order valence-corrected chi connectivity index (χ3v) is 1.56. The Labute approximate surface area is 94.3 Å². The Hall–Kier alpha value is -1.29. The molecule has 5 heteroatoms. The summed E-state index contributed by atoms with van der Waals surface area (Å²) in [6, 6.07) is 1.71. The van der Waals surface area contributed by atoms with Crippen molar-refractivity contribution in [3.05, 3.63) is 23.9 Å². The average Bonchev–Trinajstić information content (AvgIpc) is 2.14. The number of nitrogens with one attached hydrogen (secondary N) is 1. The molecule has 4 nitrogen and oxygen atoms in total. The normalized spacial score (nSPS) is 10.1. The van der Waals surface area contributed by atoms with Gasteiger partial charge in [-0.1, -0.05) is 18.2 Å². The molecule has 82 valence electrons. The zero-order valence-electron chi connectivity index (χ0n) is 8.83. The Bertz CT molecular complexity index is 341. The monoisotopic (exact) mass is 227 g/mol. The fourth-order valence-corrected chi connectivity index (χ4v) is 0.976. The van der Waals surface area contributed by atoms with Crippen molar-refractivity contribution in [3.8, 4) is 5.88 Å². The number of anilines is 1. The molecule has 0 fully saturated rings. The summed E-state index contributed by atoms with van der Waals surface area (Å²) in [6.07, 6.45) is 1.72. The number of hydrogen-bond acceptors (Lipinski definition) is 4. The number of nitrogens with zero attached hydrogens (tertiary/aromatic N) is 2. The maximum Gasteiger partial charge on any atom is 0.226 e. The molecule has 0 radical (unpaired) electrons. The number of ether oxygens (including phenoxy) is 1. The van der Waals surface area contributed by atoms with E-state index in [1.54, 1.807) is 12.3 Å². The number of halogens is 1. The molecule has 0 aromatic carbocycles. The first-order valence-corrected chi connectivity index (χ1v) is 5.02. The predicted octanol–water partition coefficient (Wildman–Crippen LogP) is 2.43. The minimum Gasteiger partial charge on any atom is -0.475 e. The molecule has 0 spiro atoms. The SMILES string of the molecule is C=C(Cl)CNc1nccc(OC(C)C)n1. The molecule has 0 aliphatic heterocycles. The molecule has 1 rings (SSSR count). The molecular weight excluding hydrogens is 214 g/mol. The van der Waals surface area contributed by atoms with Crippen LogP contribution in [-0.2, 0) is 0 Å². The van der Waals surface area contributed by atoms with E-state index in [1.165, 1.54) is 0 Å². The third-order valence-electron chi connectivity index (χ3n) is 1.42. The molecule has 1 aromatic heterocycles. The largest absolute Gasteiger partial charge is 0.475 e.